The van der Waals surface area contributed by atoms with Crippen molar-refractivity contribution in [3.8, 4) is 5.75 Å². The fourth-order valence-electron chi connectivity index (χ4n) is 3.27. The van der Waals surface area contributed by atoms with Crippen LogP contribution in [-0.2, 0) is 9.59 Å². The molecule has 3 rings (SSSR count). The SMILES string of the molecule is COc1ccc(/C(O)=C2/C(=O)C(=O)N(CCN(C)C)C2c2cccnc2)cc1Br. The number of methoxy groups -OCH3 is 1. The lowest BCUT2D eigenvalue weighted by Gasteiger charge is -2.26. The molecular formula is C21H22BrN3O4. The van der Waals surface area contributed by atoms with Crippen LogP contribution in [0.1, 0.15) is 17.2 Å². The van der Waals surface area contributed by atoms with Gasteiger partial charge in [0.15, 0.2) is 0 Å². The highest BCUT2D eigenvalue weighted by molar-refractivity contribution is 9.10. The zero-order valence-corrected chi connectivity index (χ0v) is 18.0. The summed E-state index contributed by atoms with van der Waals surface area (Å²) >= 11 is 3.39. The quantitative estimate of drug-likeness (QED) is 0.406. The van der Waals surface area contributed by atoms with Crippen molar-refractivity contribution in [3.63, 3.8) is 0 Å². The van der Waals surface area contributed by atoms with Gasteiger partial charge in [-0.2, -0.15) is 0 Å². The van der Waals surface area contributed by atoms with Crippen LogP contribution in [0.25, 0.3) is 5.76 Å². The second-order valence-electron chi connectivity index (χ2n) is 6.93. The maximum atomic E-state index is 12.9. The molecule has 29 heavy (non-hydrogen) atoms. The molecule has 1 unspecified atom stereocenters. The van der Waals surface area contributed by atoms with Gasteiger partial charge in [-0.1, -0.05) is 6.07 Å². The number of hydrogen-bond donors (Lipinski definition) is 1. The van der Waals surface area contributed by atoms with Crippen LogP contribution in [0.3, 0.4) is 0 Å². The second kappa shape index (κ2) is 8.75. The molecule has 1 aliphatic rings. The van der Waals surface area contributed by atoms with Gasteiger partial charge in [0.2, 0.25) is 0 Å². The number of aromatic nitrogens is 1. The van der Waals surface area contributed by atoms with E-state index >= 15 is 0 Å². The third kappa shape index (κ3) is 4.18. The average Bonchev–Trinajstić information content (AvgIpc) is 2.97. The highest BCUT2D eigenvalue weighted by atomic mass is 79.9. The van der Waals surface area contributed by atoms with Gasteiger partial charge in [0.25, 0.3) is 11.7 Å². The van der Waals surface area contributed by atoms with E-state index in [1.54, 1.807) is 42.7 Å². The standard InChI is InChI=1S/C21H22BrN3O4/c1-24(2)9-10-25-18(14-5-4-8-23-12-14)17(20(27)21(25)28)19(26)13-6-7-16(29-3)15(22)11-13/h4-8,11-12,18,26H,9-10H2,1-3H3/b19-17-. The van der Waals surface area contributed by atoms with Gasteiger partial charge in [-0.05, 0) is 59.9 Å². The first-order valence-corrected chi connectivity index (χ1v) is 9.81. The number of ketones is 1. The highest BCUT2D eigenvalue weighted by Gasteiger charge is 2.46. The van der Waals surface area contributed by atoms with E-state index in [1.807, 2.05) is 19.0 Å². The lowest BCUT2D eigenvalue weighted by molar-refractivity contribution is -0.140. The molecule has 1 atom stereocenters. The molecule has 0 saturated carbocycles. The highest BCUT2D eigenvalue weighted by Crippen LogP contribution is 2.39. The van der Waals surface area contributed by atoms with Gasteiger partial charge < -0.3 is 19.6 Å². The number of ether oxygens (including phenoxy) is 1. The summed E-state index contributed by atoms with van der Waals surface area (Å²) in [5, 5.41) is 11.0. The number of nitrogens with zero attached hydrogens (tertiary/aromatic N) is 3. The van der Waals surface area contributed by atoms with Gasteiger partial charge in [0.05, 0.1) is 23.2 Å². The molecular weight excluding hydrogens is 438 g/mol. The minimum Gasteiger partial charge on any atom is -0.507 e. The molecule has 1 aromatic heterocycles. The molecule has 0 bridgehead atoms. The third-order valence-electron chi connectivity index (χ3n) is 4.75. The maximum absolute atomic E-state index is 12.9. The Kier molecular flexibility index (Phi) is 6.34. The van der Waals surface area contributed by atoms with Crippen LogP contribution in [0.15, 0.2) is 52.8 Å². The lowest BCUT2D eigenvalue weighted by Crippen LogP contribution is -2.35. The number of halogens is 1. The Bertz CT molecular complexity index is 960. The van der Waals surface area contributed by atoms with Crippen molar-refractivity contribution in [2.75, 3.05) is 34.3 Å². The zero-order chi connectivity index (χ0) is 21.1. The van der Waals surface area contributed by atoms with E-state index in [4.69, 9.17) is 4.74 Å². The fourth-order valence-corrected chi connectivity index (χ4v) is 3.81. The summed E-state index contributed by atoms with van der Waals surface area (Å²) in [5.41, 5.74) is 1.13. The van der Waals surface area contributed by atoms with Gasteiger partial charge in [0, 0.05) is 31.0 Å². The van der Waals surface area contributed by atoms with Crippen molar-refractivity contribution < 1.29 is 19.4 Å². The van der Waals surface area contributed by atoms with Crippen molar-refractivity contribution in [1.29, 1.82) is 0 Å². The number of hydrogen-bond acceptors (Lipinski definition) is 6. The van der Waals surface area contributed by atoms with Crippen molar-refractivity contribution in [2.24, 2.45) is 0 Å². The van der Waals surface area contributed by atoms with Crippen LogP contribution in [0.4, 0.5) is 0 Å². The number of pyridine rings is 1. The Balaban J connectivity index is 2.13. The summed E-state index contributed by atoms with van der Waals surface area (Å²) in [5.74, 6) is -0.971. The number of carbonyl (C=O) groups excluding carboxylic acids is 2. The second-order valence-corrected chi connectivity index (χ2v) is 7.79. The predicted octanol–water partition coefficient (Wildman–Crippen LogP) is 2.84. The van der Waals surface area contributed by atoms with Crippen LogP contribution in [0.2, 0.25) is 0 Å². The number of likely N-dealkylation sites (N-methyl/N-ethyl adjacent to an activating group) is 1. The number of carbonyl (C=O) groups is 2. The molecule has 0 aliphatic carbocycles. The number of aliphatic hydroxyl groups excluding tert-OH is 1. The van der Waals surface area contributed by atoms with E-state index < -0.39 is 17.7 Å². The first kappa shape index (κ1) is 21.0. The molecule has 1 aromatic carbocycles. The molecule has 0 radical (unpaired) electrons. The Morgan fingerprint density at radius 2 is 2.07 bits per heavy atom. The Labute approximate surface area is 177 Å². The van der Waals surface area contributed by atoms with Crippen LogP contribution in [0.5, 0.6) is 5.75 Å². The summed E-state index contributed by atoms with van der Waals surface area (Å²) in [6.07, 6.45) is 3.23. The molecule has 1 amide bonds. The van der Waals surface area contributed by atoms with Gasteiger partial charge in [-0.3, -0.25) is 14.6 Å². The maximum Gasteiger partial charge on any atom is 0.295 e. The molecule has 7 nitrogen and oxygen atoms in total. The van der Waals surface area contributed by atoms with Gasteiger partial charge in [-0.15, -0.1) is 0 Å². The predicted molar refractivity (Wildman–Crippen MR) is 112 cm³/mol. The Morgan fingerprint density at radius 3 is 2.66 bits per heavy atom. The summed E-state index contributed by atoms with van der Waals surface area (Å²) in [6.45, 7) is 0.929. The van der Waals surface area contributed by atoms with Crippen LogP contribution in [-0.4, -0.2) is 65.9 Å². The van der Waals surface area contributed by atoms with Gasteiger partial charge in [-0.25, -0.2) is 0 Å². The van der Waals surface area contributed by atoms with E-state index in [0.717, 1.165) is 0 Å². The Hall–Kier alpha value is -2.71. The molecule has 1 aliphatic heterocycles. The zero-order valence-electron chi connectivity index (χ0n) is 16.4. The number of likely N-dealkylation sites (tertiary alicyclic amines) is 1. The molecule has 152 valence electrons. The van der Waals surface area contributed by atoms with Gasteiger partial charge >= 0.3 is 0 Å². The minimum absolute atomic E-state index is 0.0545. The molecule has 1 N–H and O–H groups in total. The Morgan fingerprint density at radius 1 is 1.31 bits per heavy atom. The monoisotopic (exact) mass is 459 g/mol. The molecule has 1 fully saturated rings. The molecule has 2 aromatic rings. The largest absolute Gasteiger partial charge is 0.507 e. The fraction of sp³-hybridized carbons (Fsp3) is 0.286. The summed E-state index contributed by atoms with van der Waals surface area (Å²) in [4.78, 5) is 33.2. The molecule has 2 heterocycles. The number of amides is 1. The lowest BCUT2D eigenvalue weighted by atomic mass is 9.96. The van der Waals surface area contributed by atoms with Crippen molar-refractivity contribution in [1.82, 2.24) is 14.8 Å². The molecule has 1 saturated heterocycles. The van der Waals surface area contributed by atoms with E-state index in [1.165, 1.54) is 12.0 Å². The number of benzene rings is 1. The van der Waals surface area contributed by atoms with Crippen LogP contribution < -0.4 is 4.74 Å². The van der Waals surface area contributed by atoms with Crippen molar-refractivity contribution in [2.45, 2.75) is 6.04 Å². The van der Waals surface area contributed by atoms with Crippen LogP contribution >= 0.6 is 15.9 Å². The van der Waals surface area contributed by atoms with Crippen molar-refractivity contribution >= 4 is 33.4 Å². The van der Waals surface area contributed by atoms with E-state index in [-0.39, 0.29) is 11.3 Å². The molecule has 0 spiro atoms. The topological polar surface area (TPSA) is 83.0 Å². The first-order valence-electron chi connectivity index (χ1n) is 9.02. The smallest absolute Gasteiger partial charge is 0.295 e. The summed E-state index contributed by atoms with van der Waals surface area (Å²) < 4.78 is 5.85. The normalized spacial score (nSPS) is 18.5. The average molecular weight is 460 g/mol. The van der Waals surface area contributed by atoms with E-state index in [9.17, 15) is 14.7 Å². The number of aliphatic hydroxyl groups is 1. The minimum atomic E-state index is -0.706. The van der Waals surface area contributed by atoms with Gasteiger partial charge in [0.1, 0.15) is 11.5 Å². The van der Waals surface area contributed by atoms with E-state index in [0.29, 0.717) is 34.4 Å². The first-order chi connectivity index (χ1) is 13.8. The van der Waals surface area contributed by atoms with E-state index in [2.05, 4.69) is 20.9 Å². The summed E-state index contributed by atoms with van der Waals surface area (Å²) in [6, 6.07) is 7.81. The number of Topliss-reactive ketones (excluding diaryl/α,β-unsaturated/α-hetero) is 1. The third-order valence-corrected chi connectivity index (χ3v) is 5.37. The summed E-state index contributed by atoms with van der Waals surface area (Å²) in [7, 11) is 5.33. The molecule has 8 heteroatoms. The van der Waals surface area contributed by atoms with Crippen molar-refractivity contribution in [3.05, 3.63) is 63.9 Å². The number of rotatable bonds is 6. The van der Waals surface area contributed by atoms with Crippen LogP contribution in [0, 0.1) is 0 Å².